The van der Waals surface area contributed by atoms with Crippen LogP contribution in [0.15, 0.2) is 28.7 Å². The Kier molecular flexibility index (Phi) is 7.76. The maximum absolute atomic E-state index is 11.1. The van der Waals surface area contributed by atoms with E-state index in [4.69, 9.17) is 18.9 Å². The highest BCUT2D eigenvalue weighted by Crippen LogP contribution is 2.50. The highest BCUT2D eigenvalue weighted by atomic mass is 79.9. The molecule has 7 heteroatoms. The van der Waals surface area contributed by atoms with Gasteiger partial charge in [0, 0.05) is 5.56 Å². The average Bonchev–Trinajstić information content (AvgIpc) is 2.72. The molecule has 5 nitrogen and oxygen atoms in total. The van der Waals surface area contributed by atoms with Crippen LogP contribution in [0.2, 0.25) is 18.1 Å². The van der Waals surface area contributed by atoms with Gasteiger partial charge in [-0.25, -0.2) is 0 Å². The Morgan fingerprint density at radius 2 is 1.42 bits per heavy atom. The Labute approximate surface area is 195 Å². The molecule has 2 aromatic carbocycles. The summed E-state index contributed by atoms with van der Waals surface area (Å²) in [6.07, 6.45) is 2.12. The molecule has 0 radical (unpaired) electrons. The van der Waals surface area contributed by atoms with Crippen molar-refractivity contribution in [2.75, 3.05) is 28.4 Å². The molecule has 1 N–H and O–H groups in total. The molecule has 0 aliphatic carbocycles. The topological polar surface area (TPSA) is 57.2 Å². The highest BCUT2D eigenvalue weighted by Gasteiger charge is 2.40. The average molecular weight is 510 g/mol. The number of aromatic hydroxyl groups is 1. The van der Waals surface area contributed by atoms with Crippen molar-refractivity contribution in [1.82, 2.24) is 0 Å². The molecule has 170 valence electrons. The van der Waals surface area contributed by atoms with Gasteiger partial charge in [-0.2, -0.15) is 0 Å². The maximum Gasteiger partial charge on any atom is 0.203 e. The van der Waals surface area contributed by atoms with Gasteiger partial charge in [0.25, 0.3) is 0 Å². The van der Waals surface area contributed by atoms with E-state index in [2.05, 4.69) is 55.9 Å². The van der Waals surface area contributed by atoms with E-state index in [0.29, 0.717) is 27.5 Å². The molecule has 0 aliphatic heterocycles. The molecule has 2 aromatic rings. The summed E-state index contributed by atoms with van der Waals surface area (Å²) in [5, 5.41) is 12.2. The molecule has 31 heavy (non-hydrogen) atoms. The first kappa shape index (κ1) is 25.1. The Balaban J connectivity index is 2.86. The highest BCUT2D eigenvalue weighted by molar-refractivity contribution is 9.10. The second-order valence-electron chi connectivity index (χ2n) is 8.87. The normalized spacial score (nSPS) is 12.5. The molecule has 0 atom stereocenters. The number of hydrogen-bond acceptors (Lipinski definition) is 5. The fraction of sp³-hybridized carbons (Fsp3) is 0.417. The quantitative estimate of drug-likeness (QED) is 0.330. The number of benzene rings is 2. The predicted octanol–water partition coefficient (Wildman–Crippen LogP) is 6.78. The van der Waals surface area contributed by atoms with Gasteiger partial charge in [-0.15, -0.1) is 0 Å². The van der Waals surface area contributed by atoms with Gasteiger partial charge < -0.3 is 24.1 Å². The zero-order valence-electron chi connectivity index (χ0n) is 19.8. The molecule has 0 unspecified atom stereocenters. The summed E-state index contributed by atoms with van der Waals surface area (Å²) in [5.74, 6) is 2.48. The number of phenols is 1. The van der Waals surface area contributed by atoms with Crippen molar-refractivity contribution in [3.05, 3.63) is 39.9 Å². The Hall–Kier alpha value is -2.12. The van der Waals surface area contributed by atoms with E-state index in [9.17, 15) is 5.11 Å². The largest absolute Gasteiger partial charge is 0.506 e. The van der Waals surface area contributed by atoms with Gasteiger partial charge in [-0.1, -0.05) is 39.9 Å². The minimum atomic E-state index is -2.09. The summed E-state index contributed by atoms with van der Waals surface area (Å²) in [6, 6.07) is 7.63. The van der Waals surface area contributed by atoms with E-state index in [1.165, 1.54) is 0 Å². The Morgan fingerprint density at radius 3 is 1.84 bits per heavy atom. The van der Waals surface area contributed by atoms with Crippen LogP contribution in [0.25, 0.3) is 11.3 Å². The van der Waals surface area contributed by atoms with E-state index in [1.54, 1.807) is 28.4 Å². The van der Waals surface area contributed by atoms with Crippen molar-refractivity contribution in [1.29, 1.82) is 0 Å². The second-order valence-corrected chi connectivity index (χ2v) is 15.0. The van der Waals surface area contributed by atoms with E-state index < -0.39 is 8.07 Å². The summed E-state index contributed by atoms with van der Waals surface area (Å²) < 4.78 is 22.4. The van der Waals surface area contributed by atoms with E-state index in [-0.39, 0.29) is 10.8 Å². The van der Waals surface area contributed by atoms with Gasteiger partial charge in [0.2, 0.25) is 5.75 Å². The monoisotopic (exact) mass is 508 g/mol. The lowest BCUT2D eigenvalue weighted by Crippen LogP contribution is -2.38. The lowest BCUT2D eigenvalue weighted by molar-refractivity contribution is 0.324. The molecule has 2 rings (SSSR count). The summed E-state index contributed by atoms with van der Waals surface area (Å²) in [7, 11) is 4.29. The molecule has 0 saturated carbocycles. The first-order valence-electron chi connectivity index (χ1n) is 10.0. The summed E-state index contributed by atoms with van der Waals surface area (Å²) in [4.78, 5) is 0. The predicted molar refractivity (Wildman–Crippen MR) is 134 cm³/mol. The van der Waals surface area contributed by atoms with Crippen LogP contribution in [0.4, 0.5) is 0 Å². The molecular weight excluding hydrogens is 476 g/mol. The molecule has 0 heterocycles. The van der Waals surface area contributed by atoms with Crippen LogP contribution < -0.4 is 18.9 Å². The lowest BCUT2D eigenvalue weighted by atomic mass is 10.1. The van der Waals surface area contributed by atoms with Crippen LogP contribution in [0, 0.1) is 0 Å². The van der Waals surface area contributed by atoms with Crippen molar-refractivity contribution < 1.29 is 24.1 Å². The molecule has 0 amide bonds. The number of methoxy groups -OCH3 is 4. The second kappa shape index (κ2) is 9.57. The summed E-state index contributed by atoms with van der Waals surface area (Å²) >= 11 is 3.48. The van der Waals surface area contributed by atoms with E-state index in [0.717, 1.165) is 16.3 Å². The molecule has 0 aliphatic rings. The van der Waals surface area contributed by atoms with Gasteiger partial charge in [0.15, 0.2) is 11.5 Å². The van der Waals surface area contributed by atoms with Crippen molar-refractivity contribution in [2.24, 2.45) is 0 Å². The van der Waals surface area contributed by atoms with E-state index >= 15 is 0 Å². The SMILES string of the molecule is COc1ccc(C(=Cc2cc(OC)c(OC)c(OC)c2)[Si](C)(C)C(C)(C)C)c(O)c1Br. The van der Waals surface area contributed by atoms with Gasteiger partial charge in [0.05, 0.1) is 36.5 Å². The van der Waals surface area contributed by atoms with Crippen LogP contribution in [-0.4, -0.2) is 41.6 Å². The zero-order chi connectivity index (χ0) is 23.6. The minimum absolute atomic E-state index is 0.0400. The van der Waals surface area contributed by atoms with Crippen LogP contribution in [0.3, 0.4) is 0 Å². The molecule has 0 saturated heterocycles. The third-order valence-corrected chi connectivity index (χ3v) is 12.4. The molecule has 0 aromatic heterocycles. The Morgan fingerprint density at radius 1 is 0.903 bits per heavy atom. The first-order valence-corrected chi connectivity index (χ1v) is 13.8. The lowest BCUT2D eigenvalue weighted by Gasteiger charge is -2.39. The number of halogens is 1. The fourth-order valence-corrected chi connectivity index (χ4v) is 5.99. The van der Waals surface area contributed by atoms with E-state index in [1.807, 2.05) is 24.3 Å². The van der Waals surface area contributed by atoms with Crippen LogP contribution in [0.1, 0.15) is 31.9 Å². The van der Waals surface area contributed by atoms with Gasteiger partial charge in [-0.3, -0.25) is 0 Å². The zero-order valence-corrected chi connectivity index (χ0v) is 22.4. The smallest absolute Gasteiger partial charge is 0.203 e. The molecular formula is C24H33BrO5Si. The molecule has 0 spiro atoms. The van der Waals surface area contributed by atoms with Crippen molar-refractivity contribution in [3.8, 4) is 28.7 Å². The third-order valence-electron chi connectivity index (χ3n) is 6.14. The molecule has 0 bridgehead atoms. The number of rotatable bonds is 7. The minimum Gasteiger partial charge on any atom is -0.506 e. The van der Waals surface area contributed by atoms with Crippen molar-refractivity contribution >= 4 is 35.3 Å². The van der Waals surface area contributed by atoms with Gasteiger partial charge in [0.1, 0.15) is 16.0 Å². The van der Waals surface area contributed by atoms with Gasteiger partial charge >= 0.3 is 0 Å². The first-order chi connectivity index (χ1) is 14.4. The molecule has 0 fully saturated rings. The maximum atomic E-state index is 11.1. The number of phenolic OH excluding ortho intramolecular Hbond substituents is 1. The fourth-order valence-electron chi connectivity index (χ4n) is 3.27. The summed E-state index contributed by atoms with van der Waals surface area (Å²) in [5.41, 5.74) is 1.69. The van der Waals surface area contributed by atoms with Crippen LogP contribution >= 0.6 is 15.9 Å². The van der Waals surface area contributed by atoms with Crippen LogP contribution in [-0.2, 0) is 0 Å². The van der Waals surface area contributed by atoms with Gasteiger partial charge in [-0.05, 0) is 56.0 Å². The van der Waals surface area contributed by atoms with Crippen molar-refractivity contribution in [2.45, 2.75) is 38.9 Å². The van der Waals surface area contributed by atoms with Crippen molar-refractivity contribution in [3.63, 3.8) is 0 Å². The Bertz CT molecular complexity index is 952. The number of hydrogen-bond donors (Lipinski definition) is 1. The standard InChI is InChI=1S/C24H33BrO5Si/c1-24(2,3)31(8,9)20(16-10-11-17(27-4)21(25)22(16)26)14-15-12-18(28-5)23(30-7)19(13-15)29-6/h10-14,26H,1-9H3. The summed E-state index contributed by atoms with van der Waals surface area (Å²) in [6.45, 7) is 11.4. The number of ether oxygens (including phenoxy) is 4. The van der Waals surface area contributed by atoms with Crippen LogP contribution in [0.5, 0.6) is 28.7 Å². The third kappa shape index (κ3) is 4.88.